The number of nitrogens with zero attached hydrogens (tertiary/aromatic N) is 3. The second kappa shape index (κ2) is 8.54. The average Bonchev–Trinajstić information content (AvgIpc) is 3.73. The van der Waals surface area contributed by atoms with E-state index in [2.05, 4.69) is 143 Å². The molecule has 10 rings (SSSR count). The van der Waals surface area contributed by atoms with E-state index in [9.17, 15) is 0 Å². The van der Waals surface area contributed by atoms with E-state index in [0.717, 1.165) is 11.2 Å². The van der Waals surface area contributed by atoms with Crippen molar-refractivity contribution in [3.8, 4) is 11.4 Å². The molecule has 4 heteroatoms. The molecule has 0 aliphatic rings. The van der Waals surface area contributed by atoms with Gasteiger partial charge in [0.2, 0.25) is 0 Å². The van der Waals surface area contributed by atoms with Crippen LogP contribution in [0.1, 0.15) is 0 Å². The first-order valence-electron chi connectivity index (χ1n) is 14.6. The Morgan fingerprint density at radius 2 is 1.09 bits per heavy atom. The largest absolute Gasteiger partial charge is 0.307 e. The molecule has 0 radical (unpaired) electrons. The lowest BCUT2D eigenvalue weighted by Gasteiger charge is -2.14. The summed E-state index contributed by atoms with van der Waals surface area (Å²) in [6.45, 7) is 0. The van der Waals surface area contributed by atoms with E-state index in [1.54, 1.807) is 0 Å². The van der Waals surface area contributed by atoms with Crippen LogP contribution in [0.25, 0.3) is 86.1 Å². The number of hydrogen-bond acceptors (Lipinski definition) is 2. The van der Waals surface area contributed by atoms with Crippen LogP contribution in [-0.2, 0) is 0 Å². The molecule has 6 aromatic carbocycles. The zero-order valence-corrected chi connectivity index (χ0v) is 23.8. The lowest BCUT2D eigenvalue weighted by Crippen LogP contribution is -1.99. The Hall–Kier alpha value is -5.45. The lowest BCUT2D eigenvalue weighted by atomic mass is 10.0. The Bertz CT molecular complexity index is 2730. The highest BCUT2D eigenvalue weighted by Crippen LogP contribution is 2.47. The van der Waals surface area contributed by atoms with Gasteiger partial charge in [-0.2, -0.15) is 0 Å². The standard InChI is InChI=1S/C39H23N3S/c1-2-12-24(13-3-1)41-30-19-7-4-15-27(30)34-29-18-11-23-40-36(29)35-28-16-5-8-20-31(28)42(38(35)37(34)41)32-21-10-17-26-25-14-6-9-22-33(25)43-39(26)32/h1-23H. The second-order valence-corrected chi connectivity index (χ2v) is 12.2. The van der Waals surface area contributed by atoms with Gasteiger partial charge in [0.15, 0.2) is 0 Å². The molecule has 0 aliphatic carbocycles. The van der Waals surface area contributed by atoms with E-state index >= 15 is 0 Å². The Morgan fingerprint density at radius 3 is 1.93 bits per heavy atom. The van der Waals surface area contributed by atoms with Crippen molar-refractivity contribution in [1.82, 2.24) is 14.1 Å². The van der Waals surface area contributed by atoms with E-state index in [1.165, 1.54) is 74.9 Å². The smallest absolute Gasteiger partial charge is 0.0811 e. The van der Waals surface area contributed by atoms with Crippen LogP contribution in [0.15, 0.2) is 140 Å². The second-order valence-electron chi connectivity index (χ2n) is 11.1. The lowest BCUT2D eigenvalue weighted by molar-refractivity contribution is 1.16. The first kappa shape index (κ1) is 23.1. The van der Waals surface area contributed by atoms with Crippen molar-refractivity contribution < 1.29 is 0 Å². The number of pyridine rings is 1. The van der Waals surface area contributed by atoms with Crippen LogP contribution in [-0.4, -0.2) is 14.1 Å². The van der Waals surface area contributed by atoms with E-state index in [-0.39, 0.29) is 0 Å². The average molecular weight is 566 g/mol. The molecule has 4 heterocycles. The van der Waals surface area contributed by atoms with Gasteiger partial charge < -0.3 is 9.13 Å². The quantitative estimate of drug-likeness (QED) is 0.204. The molecule has 0 aliphatic heterocycles. The molecule has 0 spiro atoms. The number of benzene rings is 6. The SMILES string of the molecule is c1ccc(-n2c3ccccc3c3c4cccnc4c4c5ccccc5n(-c5cccc6c5sc5ccccc56)c4c32)cc1. The minimum absolute atomic E-state index is 1.04. The van der Waals surface area contributed by atoms with Crippen LogP contribution >= 0.6 is 11.3 Å². The van der Waals surface area contributed by atoms with Crippen molar-refractivity contribution in [3.05, 3.63) is 140 Å². The van der Waals surface area contributed by atoms with Gasteiger partial charge in [-0.1, -0.05) is 91.0 Å². The van der Waals surface area contributed by atoms with Gasteiger partial charge in [0.05, 0.1) is 38.0 Å². The first-order chi connectivity index (χ1) is 21.4. The maximum absolute atomic E-state index is 5.08. The molecule has 0 bridgehead atoms. The Balaban J connectivity index is 1.55. The van der Waals surface area contributed by atoms with Crippen molar-refractivity contribution in [2.75, 3.05) is 0 Å². The van der Waals surface area contributed by atoms with Crippen molar-refractivity contribution in [2.45, 2.75) is 0 Å². The Kier molecular flexibility index (Phi) is 4.60. The Morgan fingerprint density at radius 1 is 0.465 bits per heavy atom. The summed E-state index contributed by atoms with van der Waals surface area (Å²) in [4.78, 5) is 5.08. The van der Waals surface area contributed by atoms with Crippen molar-refractivity contribution >= 4 is 86.0 Å². The number of para-hydroxylation sites is 3. The molecular formula is C39H23N3S. The normalized spacial score (nSPS) is 12.2. The van der Waals surface area contributed by atoms with Gasteiger partial charge in [0, 0.05) is 54.3 Å². The molecule has 0 unspecified atom stereocenters. The number of fused-ring (bicyclic) bond motifs is 13. The van der Waals surface area contributed by atoms with Crippen molar-refractivity contribution in [2.24, 2.45) is 0 Å². The maximum atomic E-state index is 5.08. The van der Waals surface area contributed by atoms with Crippen LogP contribution < -0.4 is 0 Å². The summed E-state index contributed by atoms with van der Waals surface area (Å²) in [5, 5.41) is 8.66. The van der Waals surface area contributed by atoms with E-state index in [4.69, 9.17) is 4.98 Å². The number of aromatic nitrogens is 3. The maximum Gasteiger partial charge on any atom is 0.0811 e. The molecule has 10 aromatic rings. The van der Waals surface area contributed by atoms with Crippen LogP contribution in [0.2, 0.25) is 0 Å². The van der Waals surface area contributed by atoms with Crippen LogP contribution in [0, 0.1) is 0 Å². The summed E-state index contributed by atoms with van der Waals surface area (Å²) in [6, 6.07) is 48.2. The third-order valence-corrected chi connectivity index (χ3v) is 10.1. The van der Waals surface area contributed by atoms with Crippen molar-refractivity contribution in [3.63, 3.8) is 0 Å². The zero-order chi connectivity index (χ0) is 28.1. The molecule has 0 saturated carbocycles. The molecule has 0 saturated heterocycles. The fourth-order valence-electron chi connectivity index (χ4n) is 7.25. The summed E-state index contributed by atoms with van der Waals surface area (Å²) in [6.07, 6.45) is 1.93. The fraction of sp³-hybridized carbons (Fsp3) is 0. The molecule has 0 amide bonds. The summed E-state index contributed by atoms with van der Waals surface area (Å²) in [5.74, 6) is 0. The predicted octanol–water partition coefficient (Wildman–Crippen LogP) is 10.8. The molecular weight excluding hydrogens is 543 g/mol. The molecule has 43 heavy (non-hydrogen) atoms. The zero-order valence-electron chi connectivity index (χ0n) is 23.0. The molecule has 0 fully saturated rings. The molecule has 200 valence electrons. The predicted molar refractivity (Wildman–Crippen MR) is 183 cm³/mol. The topological polar surface area (TPSA) is 22.8 Å². The van der Waals surface area contributed by atoms with Gasteiger partial charge in [0.25, 0.3) is 0 Å². The summed E-state index contributed by atoms with van der Waals surface area (Å²) in [7, 11) is 0. The minimum atomic E-state index is 1.04. The summed E-state index contributed by atoms with van der Waals surface area (Å²) >= 11 is 1.88. The highest BCUT2D eigenvalue weighted by atomic mass is 32.1. The van der Waals surface area contributed by atoms with Crippen molar-refractivity contribution in [1.29, 1.82) is 0 Å². The highest BCUT2D eigenvalue weighted by Gasteiger charge is 2.25. The number of hydrogen-bond donors (Lipinski definition) is 0. The van der Waals surface area contributed by atoms with E-state index in [1.807, 2.05) is 17.5 Å². The van der Waals surface area contributed by atoms with Crippen LogP contribution in [0.3, 0.4) is 0 Å². The summed E-state index contributed by atoms with van der Waals surface area (Å²) in [5.41, 5.74) is 8.16. The van der Waals surface area contributed by atoms with Gasteiger partial charge in [-0.3, -0.25) is 4.98 Å². The molecule has 4 aromatic heterocycles. The van der Waals surface area contributed by atoms with Crippen LogP contribution in [0.5, 0.6) is 0 Å². The summed E-state index contributed by atoms with van der Waals surface area (Å²) < 4.78 is 7.57. The van der Waals surface area contributed by atoms with Gasteiger partial charge in [-0.15, -0.1) is 11.3 Å². The third-order valence-electron chi connectivity index (χ3n) is 8.93. The fourth-order valence-corrected chi connectivity index (χ4v) is 8.46. The van der Waals surface area contributed by atoms with Crippen LogP contribution in [0.4, 0.5) is 0 Å². The first-order valence-corrected chi connectivity index (χ1v) is 15.4. The third kappa shape index (κ3) is 3.00. The monoisotopic (exact) mass is 565 g/mol. The Labute approximate surface area is 250 Å². The van der Waals surface area contributed by atoms with E-state index in [0.29, 0.717) is 0 Å². The minimum Gasteiger partial charge on any atom is -0.307 e. The molecule has 0 N–H and O–H groups in total. The van der Waals surface area contributed by atoms with Gasteiger partial charge >= 0.3 is 0 Å². The van der Waals surface area contributed by atoms with Gasteiger partial charge in [-0.05, 0) is 42.5 Å². The number of thiophene rings is 1. The van der Waals surface area contributed by atoms with Gasteiger partial charge in [0.1, 0.15) is 0 Å². The molecule has 3 nitrogen and oxygen atoms in total. The number of rotatable bonds is 2. The van der Waals surface area contributed by atoms with E-state index < -0.39 is 0 Å². The van der Waals surface area contributed by atoms with Gasteiger partial charge in [-0.25, -0.2) is 0 Å². The molecule has 0 atom stereocenters. The highest BCUT2D eigenvalue weighted by molar-refractivity contribution is 7.26.